The van der Waals surface area contributed by atoms with Crippen molar-refractivity contribution < 1.29 is 14.3 Å². The first kappa shape index (κ1) is 13.1. The average molecular weight is 276 g/mol. The van der Waals surface area contributed by atoms with E-state index in [-0.39, 0.29) is 11.7 Å². The molecule has 2 aromatic rings. The predicted molar refractivity (Wildman–Crippen MR) is 72.8 cm³/mol. The Morgan fingerprint density at radius 3 is 2.80 bits per heavy atom. The lowest BCUT2D eigenvalue weighted by atomic mass is 9.82. The summed E-state index contributed by atoms with van der Waals surface area (Å²) in [4.78, 5) is 10.9. The lowest BCUT2D eigenvalue weighted by Crippen LogP contribution is -2.24. The van der Waals surface area contributed by atoms with Gasteiger partial charge in [0.15, 0.2) is 0 Å². The number of hydrogen-bond donors (Lipinski definition) is 1. The summed E-state index contributed by atoms with van der Waals surface area (Å²) in [6.07, 6.45) is 5.00. The van der Waals surface area contributed by atoms with E-state index in [2.05, 4.69) is 5.10 Å². The first-order chi connectivity index (χ1) is 9.63. The molecule has 0 radical (unpaired) electrons. The Labute approximate surface area is 116 Å². The van der Waals surface area contributed by atoms with E-state index in [1.807, 2.05) is 4.68 Å². The van der Waals surface area contributed by atoms with Crippen LogP contribution in [0.15, 0.2) is 24.4 Å². The fourth-order valence-corrected chi connectivity index (χ4v) is 3.04. The molecule has 1 aromatic carbocycles. The summed E-state index contributed by atoms with van der Waals surface area (Å²) in [6.45, 7) is 0.779. The molecular formula is C15H17FN2O2. The van der Waals surface area contributed by atoms with E-state index in [1.54, 1.807) is 12.3 Å². The number of fused-ring (bicyclic) bond motifs is 1. The van der Waals surface area contributed by atoms with Crippen LogP contribution >= 0.6 is 0 Å². The number of aliphatic carboxylic acids is 1. The fraction of sp³-hybridized carbons (Fsp3) is 0.467. The van der Waals surface area contributed by atoms with Crippen LogP contribution in [0.25, 0.3) is 10.9 Å². The van der Waals surface area contributed by atoms with Crippen molar-refractivity contribution in [3.63, 3.8) is 0 Å². The minimum Gasteiger partial charge on any atom is -0.481 e. The molecule has 1 fully saturated rings. The number of carboxylic acid groups (broad SMARTS) is 1. The van der Waals surface area contributed by atoms with Crippen molar-refractivity contribution >= 4 is 16.9 Å². The van der Waals surface area contributed by atoms with Gasteiger partial charge < -0.3 is 5.11 Å². The maximum absolute atomic E-state index is 13.1. The molecule has 0 aliphatic heterocycles. The number of benzene rings is 1. The first-order valence-electron chi connectivity index (χ1n) is 6.97. The normalized spacial score (nSPS) is 23.1. The van der Waals surface area contributed by atoms with Gasteiger partial charge in [0.2, 0.25) is 0 Å². The van der Waals surface area contributed by atoms with E-state index in [1.165, 1.54) is 12.1 Å². The number of carboxylic acids is 1. The van der Waals surface area contributed by atoms with Crippen molar-refractivity contribution in [1.29, 1.82) is 0 Å². The topological polar surface area (TPSA) is 55.1 Å². The maximum atomic E-state index is 13.1. The van der Waals surface area contributed by atoms with Crippen molar-refractivity contribution in [2.75, 3.05) is 0 Å². The Hall–Kier alpha value is -1.91. The van der Waals surface area contributed by atoms with Crippen molar-refractivity contribution in [2.45, 2.75) is 32.2 Å². The monoisotopic (exact) mass is 276 g/mol. The van der Waals surface area contributed by atoms with Gasteiger partial charge in [0.1, 0.15) is 5.82 Å². The number of nitrogens with zero attached hydrogens (tertiary/aromatic N) is 2. The van der Waals surface area contributed by atoms with E-state index in [0.717, 1.165) is 43.1 Å². The summed E-state index contributed by atoms with van der Waals surface area (Å²) in [5.74, 6) is -0.657. The molecule has 1 aliphatic carbocycles. The highest BCUT2D eigenvalue weighted by Crippen LogP contribution is 2.30. The lowest BCUT2D eigenvalue weighted by Gasteiger charge is -2.26. The minimum absolute atomic E-state index is 0.185. The second-order valence-electron chi connectivity index (χ2n) is 5.59. The van der Waals surface area contributed by atoms with Gasteiger partial charge in [-0.05, 0) is 49.8 Å². The quantitative estimate of drug-likeness (QED) is 0.937. The molecular weight excluding hydrogens is 259 g/mol. The summed E-state index contributed by atoms with van der Waals surface area (Å²) in [6, 6.07) is 4.68. The Kier molecular flexibility index (Phi) is 3.42. The van der Waals surface area contributed by atoms with Gasteiger partial charge >= 0.3 is 5.97 Å². The standard InChI is InChI=1S/C15H17FN2O2/c16-13-5-6-14-12(7-13)8-17-18(14)9-10-1-3-11(4-2-10)15(19)20/h5-8,10-11H,1-4,9H2,(H,19,20)/t10-,11-. The molecule has 3 rings (SSSR count). The molecule has 1 saturated carbocycles. The van der Waals surface area contributed by atoms with Crippen molar-refractivity contribution in [1.82, 2.24) is 9.78 Å². The summed E-state index contributed by atoms with van der Waals surface area (Å²) < 4.78 is 15.0. The van der Waals surface area contributed by atoms with Gasteiger partial charge in [-0.2, -0.15) is 5.10 Å². The largest absolute Gasteiger partial charge is 0.481 e. The van der Waals surface area contributed by atoms with Gasteiger partial charge in [-0.15, -0.1) is 0 Å². The van der Waals surface area contributed by atoms with Gasteiger partial charge in [-0.3, -0.25) is 9.48 Å². The van der Waals surface area contributed by atoms with E-state index in [4.69, 9.17) is 5.11 Å². The molecule has 0 atom stereocenters. The molecule has 0 unspecified atom stereocenters. The van der Waals surface area contributed by atoms with Crippen LogP contribution in [-0.2, 0) is 11.3 Å². The molecule has 20 heavy (non-hydrogen) atoms. The van der Waals surface area contributed by atoms with Crippen molar-refractivity contribution in [3.05, 3.63) is 30.2 Å². The summed E-state index contributed by atoms with van der Waals surface area (Å²) in [5, 5.41) is 14.1. The van der Waals surface area contributed by atoms with Crippen LogP contribution in [-0.4, -0.2) is 20.9 Å². The molecule has 1 heterocycles. The number of rotatable bonds is 3. The van der Waals surface area contributed by atoms with Crippen LogP contribution in [0, 0.1) is 17.7 Å². The molecule has 1 N–H and O–H groups in total. The number of aromatic nitrogens is 2. The molecule has 0 spiro atoms. The zero-order valence-corrected chi connectivity index (χ0v) is 11.1. The molecule has 1 aromatic heterocycles. The SMILES string of the molecule is O=C(O)[C@H]1CC[C@H](Cn2ncc3cc(F)ccc32)CC1. The smallest absolute Gasteiger partial charge is 0.306 e. The zero-order chi connectivity index (χ0) is 14.1. The first-order valence-corrected chi connectivity index (χ1v) is 6.97. The third kappa shape index (κ3) is 2.53. The molecule has 5 heteroatoms. The fourth-order valence-electron chi connectivity index (χ4n) is 3.04. The highest BCUT2D eigenvalue weighted by Gasteiger charge is 2.26. The summed E-state index contributed by atoms with van der Waals surface area (Å²) in [7, 11) is 0. The van der Waals surface area contributed by atoms with Crippen LogP contribution in [0.1, 0.15) is 25.7 Å². The van der Waals surface area contributed by atoms with Gasteiger partial charge in [0, 0.05) is 11.9 Å². The van der Waals surface area contributed by atoms with E-state index in [9.17, 15) is 9.18 Å². The zero-order valence-electron chi connectivity index (χ0n) is 11.1. The van der Waals surface area contributed by atoms with Gasteiger partial charge in [-0.1, -0.05) is 0 Å². The Morgan fingerprint density at radius 1 is 1.35 bits per heavy atom. The Bertz CT molecular complexity index is 630. The third-order valence-corrected chi connectivity index (χ3v) is 4.23. The molecule has 4 nitrogen and oxygen atoms in total. The highest BCUT2D eigenvalue weighted by molar-refractivity contribution is 5.78. The number of halogens is 1. The molecule has 0 amide bonds. The number of carbonyl (C=O) groups is 1. The summed E-state index contributed by atoms with van der Waals surface area (Å²) >= 11 is 0. The Balaban J connectivity index is 1.70. The van der Waals surface area contributed by atoms with Crippen LogP contribution in [0.4, 0.5) is 4.39 Å². The second kappa shape index (κ2) is 5.23. The van der Waals surface area contributed by atoms with Crippen LogP contribution in [0.2, 0.25) is 0 Å². The summed E-state index contributed by atoms with van der Waals surface area (Å²) in [5.41, 5.74) is 0.937. The molecule has 1 aliphatic rings. The molecule has 0 bridgehead atoms. The lowest BCUT2D eigenvalue weighted by molar-refractivity contribution is -0.143. The van der Waals surface area contributed by atoms with Crippen LogP contribution in [0.3, 0.4) is 0 Å². The Morgan fingerprint density at radius 2 is 2.10 bits per heavy atom. The average Bonchev–Trinajstić information content (AvgIpc) is 2.81. The third-order valence-electron chi connectivity index (χ3n) is 4.23. The van der Waals surface area contributed by atoms with Crippen LogP contribution < -0.4 is 0 Å². The molecule has 106 valence electrons. The molecule has 0 saturated heterocycles. The van der Waals surface area contributed by atoms with E-state index in [0.29, 0.717) is 5.92 Å². The number of hydrogen-bond acceptors (Lipinski definition) is 2. The van der Waals surface area contributed by atoms with E-state index < -0.39 is 5.97 Å². The maximum Gasteiger partial charge on any atom is 0.306 e. The van der Waals surface area contributed by atoms with Gasteiger partial charge in [-0.25, -0.2) is 4.39 Å². The van der Waals surface area contributed by atoms with Gasteiger partial charge in [0.25, 0.3) is 0 Å². The second-order valence-corrected chi connectivity index (χ2v) is 5.59. The van der Waals surface area contributed by atoms with Crippen molar-refractivity contribution in [3.8, 4) is 0 Å². The van der Waals surface area contributed by atoms with Crippen molar-refractivity contribution in [2.24, 2.45) is 11.8 Å². The minimum atomic E-state index is -0.677. The highest BCUT2D eigenvalue weighted by atomic mass is 19.1. The van der Waals surface area contributed by atoms with E-state index >= 15 is 0 Å². The predicted octanol–water partition coefficient (Wildman–Crippen LogP) is 3.07. The van der Waals surface area contributed by atoms with Crippen LogP contribution in [0.5, 0.6) is 0 Å². The van der Waals surface area contributed by atoms with Gasteiger partial charge in [0.05, 0.1) is 17.6 Å².